The Morgan fingerprint density at radius 3 is 1.65 bits per heavy atom. The molecule has 0 atom stereocenters. The molecule has 270 valence electrons. The van der Waals surface area contributed by atoms with Gasteiger partial charge in [0.1, 0.15) is 0 Å². The largest absolute Gasteiger partial charge is 0.135 e. The van der Waals surface area contributed by atoms with Gasteiger partial charge in [-0.1, -0.05) is 146 Å². The van der Waals surface area contributed by atoms with Crippen LogP contribution in [0.2, 0.25) is 0 Å². The molecule has 4 fully saturated rings. The molecule has 4 bridgehead atoms. The molecule has 0 amide bonds. The Morgan fingerprint density at radius 1 is 0.368 bits per heavy atom. The predicted octanol–water partition coefficient (Wildman–Crippen LogP) is 15.7. The number of fused-ring (bicyclic) bond motifs is 12. The van der Waals surface area contributed by atoms with E-state index >= 15 is 0 Å². The van der Waals surface area contributed by atoms with Gasteiger partial charge in [-0.15, -0.1) is 11.3 Å². The molecular weight excluding hydrogens is 705 g/mol. The summed E-state index contributed by atoms with van der Waals surface area (Å²) in [5.41, 5.74) is 11.8. The highest BCUT2D eigenvalue weighted by atomic mass is 32.1. The summed E-state index contributed by atoms with van der Waals surface area (Å²) in [5.74, 6) is 3.23. The first-order valence-corrected chi connectivity index (χ1v) is 22.0. The molecule has 1 aromatic heterocycles. The summed E-state index contributed by atoms with van der Waals surface area (Å²) in [7, 11) is 0. The van der Waals surface area contributed by atoms with Gasteiger partial charge >= 0.3 is 0 Å². The van der Waals surface area contributed by atoms with Crippen molar-refractivity contribution >= 4 is 74.6 Å². The van der Waals surface area contributed by atoms with E-state index in [4.69, 9.17) is 0 Å². The molecule has 0 unspecified atom stereocenters. The normalized spacial score (nSPS) is 23.2. The van der Waals surface area contributed by atoms with Gasteiger partial charge in [0, 0.05) is 25.6 Å². The van der Waals surface area contributed by atoms with Crippen LogP contribution < -0.4 is 0 Å². The van der Waals surface area contributed by atoms with Crippen molar-refractivity contribution in [2.75, 3.05) is 0 Å². The summed E-state index contributed by atoms with van der Waals surface area (Å²) < 4.78 is 2.70. The highest BCUT2D eigenvalue weighted by Gasteiger charge is 2.62. The lowest BCUT2D eigenvalue weighted by Gasteiger charge is -2.61. The van der Waals surface area contributed by atoms with Gasteiger partial charge in [0.25, 0.3) is 0 Å². The Bertz CT molecular complexity index is 3290. The van der Waals surface area contributed by atoms with Crippen molar-refractivity contribution in [2.24, 2.45) is 23.7 Å². The maximum Gasteiger partial charge on any atom is 0.0361 e. The van der Waals surface area contributed by atoms with Crippen LogP contribution >= 0.6 is 11.3 Å². The zero-order chi connectivity index (χ0) is 37.0. The van der Waals surface area contributed by atoms with E-state index in [1.54, 1.807) is 11.1 Å². The van der Waals surface area contributed by atoms with Crippen LogP contribution in [0.3, 0.4) is 0 Å². The highest BCUT2D eigenvalue weighted by molar-refractivity contribution is 7.26. The molecule has 0 nitrogen and oxygen atoms in total. The third kappa shape index (κ3) is 3.94. The Morgan fingerprint density at radius 2 is 0.930 bits per heavy atom. The van der Waals surface area contributed by atoms with Crippen LogP contribution in [0.4, 0.5) is 0 Å². The molecule has 5 aliphatic rings. The van der Waals surface area contributed by atoms with Gasteiger partial charge in [-0.3, -0.25) is 0 Å². The Balaban J connectivity index is 1.09. The summed E-state index contributed by atoms with van der Waals surface area (Å²) in [6, 6.07) is 60.9. The first kappa shape index (κ1) is 31.3. The number of hydrogen-bond donors (Lipinski definition) is 0. The van der Waals surface area contributed by atoms with E-state index < -0.39 is 0 Å². The van der Waals surface area contributed by atoms with Crippen molar-refractivity contribution < 1.29 is 0 Å². The molecule has 15 rings (SSSR count). The van der Waals surface area contributed by atoms with Gasteiger partial charge in [0.05, 0.1) is 0 Å². The minimum Gasteiger partial charge on any atom is -0.135 e. The molecule has 10 aromatic rings. The van der Waals surface area contributed by atoms with Gasteiger partial charge in [-0.05, 0) is 156 Å². The van der Waals surface area contributed by atoms with E-state index in [-0.39, 0.29) is 5.41 Å². The fraction of sp³-hybridized carbons (Fsp3) is 0.179. The molecule has 0 saturated heterocycles. The van der Waals surface area contributed by atoms with E-state index in [2.05, 4.69) is 158 Å². The van der Waals surface area contributed by atoms with E-state index in [9.17, 15) is 0 Å². The van der Waals surface area contributed by atoms with Crippen molar-refractivity contribution in [3.63, 3.8) is 0 Å². The van der Waals surface area contributed by atoms with Gasteiger partial charge in [-0.25, -0.2) is 0 Å². The SMILES string of the molecule is c1ccc2c3c(ccc2c1)C1(c2c-3ccc3c(-c4c5ccccc5c(-c5cccc6sc7ccccc7c56)c5ccccc45)cccc23)C2CC3CC(C2)CC1C3. The number of thiophene rings is 1. The summed E-state index contributed by atoms with van der Waals surface area (Å²) in [6.07, 6.45) is 7.01. The molecule has 57 heavy (non-hydrogen) atoms. The number of rotatable bonds is 2. The molecule has 1 spiro atoms. The van der Waals surface area contributed by atoms with Crippen LogP contribution in [0, 0.1) is 23.7 Å². The average Bonchev–Trinajstić information content (AvgIpc) is 3.79. The van der Waals surface area contributed by atoms with E-state index in [1.165, 1.54) is 129 Å². The van der Waals surface area contributed by atoms with Crippen LogP contribution in [-0.2, 0) is 5.41 Å². The van der Waals surface area contributed by atoms with Crippen molar-refractivity contribution in [2.45, 2.75) is 37.5 Å². The average molecular weight is 745 g/mol. The van der Waals surface area contributed by atoms with E-state index in [0.29, 0.717) is 11.8 Å². The second-order valence-corrected chi connectivity index (χ2v) is 19.0. The lowest BCUT2D eigenvalue weighted by atomic mass is 9.43. The molecule has 1 heterocycles. The molecule has 5 aliphatic carbocycles. The number of benzene rings is 9. The lowest BCUT2D eigenvalue weighted by molar-refractivity contribution is -0.0393. The summed E-state index contributed by atoms with van der Waals surface area (Å²) in [4.78, 5) is 0. The Hall–Kier alpha value is -5.76. The summed E-state index contributed by atoms with van der Waals surface area (Å²) in [6.45, 7) is 0. The zero-order valence-corrected chi connectivity index (χ0v) is 32.6. The van der Waals surface area contributed by atoms with Crippen LogP contribution in [0.15, 0.2) is 158 Å². The van der Waals surface area contributed by atoms with Gasteiger partial charge in [0.2, 0.25) is 0 Å². The lowest BCUT2D eigenvalue weighted by Crippen LogP contribution is -2.55. The maximum atomic E-state index is 2.58. The Labute approximate surface area is 336 Å². The molecule has 0 N–H and O–H groups in total. The highest BCUT2D eigenvalue weighted by Crippen LogP contribution is 2.71. The molecule has 0 aliphatic heterocycles. The van der Waals surface area contributed by atoms with Crippen molar-refractivity contribution in [1.82, 2.24) is 0 Å². The molecule has 1 heteroatoms. The van der Waals surface area contributed by atoms with E-state index in [0.717, 1.165) is 11.8 Å². The molecule has 4 saturated carbocycles. The van der Waals surface area contributed by atoms with Crippen molar-refractivity contribution in [3.05, 3.63) is 169 Å². The summed E-state index contributed by atoms with van der Waals surface area (Å²) in [5, 5.41) is 13.7. The van der Waals surface area contributed by atoms with E-state index in [1.807, 2.05) is 11.3 Å². The second kappa shape index (κ2) is 11.2. The van der Waals surface area contributed by atoms with Crippen molar-refractivity contribution in [3.8, 4) is 33.4 Å². The monoisotopic (exact) mass is 744 g/mol. The zero-order valence-electron chi connectivity index (χ0n) is 31.8. The first-order valence-electron chi connectivity index (χ1n) is 21.2. The fourth-order valence-electron chi connectivity index (χ4n) is 13.7. The van der Waals surface area contributed by atoms with Crippen LogP contribution in [-0.4, -0.2) is 0 Å². The minimum atomic E-state index is 0.0796. The molecule has 9 aromatic carbocycles. The van der Waals surface area contributed by atoms with Crippen LogP contribution in [0.25, 0.3) is 96.6 Å². The first-order chi connectivity index (χ1) is 28.3. The minimum absolute atomic E-state index is 0.0796. The van der Waals surface area contributed by atoms with Gasteiger partial charge < -0.3 is 0 Å². The second-order valence-electron chi connectivity index (χ2n) is 17.9. The molecular formula is C56H40S. The third-order valence-corrected chi connectivity index (χ3v) is 16.6. The quantitative estimate of drug-likeness (QED) is 0.155. The maximum absolute atomic E-state index is 2.58. The topological polar surface area (TPSA) is 0 Å². The Kier molecular flexibility index (Phi) is 6.16. The molecule has 0 radical (unpaired) electrons. The summed E-state index contributed by atoms with van der Waals surface area (Å²) >= 11 is 1.91. The van der Waals surface area contributed by atoms with Crippen LogP contribution in [0.1, 0.15) is 43.2 Å². The van der Waals surface area contributed by atoms with Gasteiger partial charge in [0.15, 0.2) is 0 Å². The third-order valence-electron chi connectivity index (χ3n) is 15.4. The fourth-order valence-corrected chi connectivity index (χ4v) is 14.9. The standard InChI is InChI=1S/C56H40S/c1-2-12-37-34(11-1)23-26-48-53(37)47-25-24-38-39(18-9-19-44(38)55(47)56(48)35-28-32-27-33(30-35)31-36(56)29-32)51-40-13-3-5-15-42(40)52(43-16-6-4-14-41(43)51)46-20-10-22-50-54(46)45-17-7-8-21-49(45)57-50/h1-26,32-33,35-36H,27-31H2. The predicted molar refractivity (Wildman–Crippen MR) is 243 cm³/mol. The smallest absolute Gasteiger partial charge is 0.0361 e. The number of hydrogen-bond acceptors (Lipinski definition) is 1. The van der Waals surface area contributed by atoms with Crippen molar-refractivity contribution in [1.29, 1.82) is 0 Å². The van der Waals surface area contributed by atoms with Crippen LogP contribution in [0.5, 0.6) is 0 Å². The van der Waals surface area contributed by atoms with Gasteiger partial charge in [-0.2, -0.15) is 0 Å².